The van der Waals surface area contributed by atoms with Gasteiger partial charge in [0.25, 0.3) is 5.91 Å². The van der Waals surface area contributed by atoms with E-state index in [1.54, 1.807) is 0 Å². The van der Waals surface area contributed by atoms with Crippen LogP contribution < -0.4 is 11.1 Å². The third-order valence-corrected chi connectivity index (χ3v) is 7.07. The minimum absolute atomic E-state index is 0.0574. The molecule has 6 nitrogen and oxygen atoms in total. The number of fused-ring (bicyclic) bond motifs is 1. The Morgan fingerprint density at radius 2 is 1.81 bits per heavy atom. The maximum atomic E-state index is 12.7. The minimum Gasteiger partial charge on any atom is -0.397 e. The highest BCUT2D eigenvalue weighted by Crippen LogP contribution is 2.36. The summed E-state index contributed by atoms with van der Waals surface area (Å²) in [5.74, 6) is -0.253. The molecule has 0 bridgehead atoms. The number of carbonyl (C=O) groups is 1. The van der Waals surface area contributed by atoms with E-state index in [1.807, 2.05) is 32.0 Å². The van der Waals surface area contributed by atoms with Crippen molar-refractivity contribution in [3.05, 3.63) is 46.0 Å². The topological polar surface area (TPSA) is 84.1 Å². The molecule has 3 N–H and O–H groups in total. The lowest BCUT2D eigenvalue weighted by atomic mass is 10.1. The van der Waals surface area contributed by atoms with Crippen LogP contribution in [0.4, 0.5) is 18.9 Å². The van der Waals surface area contributed by atoms with Crippen molar-refractivity contribution in [1.29, 1.82) is 0 Å². The van der Waals surface area contributed by atoms with Crippen molar-refractivity contribution < 1.29 is 18.0 Å². The molecule has 4 rings (SSSR count). The van der Waals surface area contributed by atoms with E-state index in [0.717, 1.165) is 28.8 Å². The number of thiophene rings is 1. The van der Waals surface area contributed by atoms with Crippen molar-refractivity contribution in [2.45, 2.75) is 44.8 Å². The summed E-state index contributed by atoms with van der Waals surface area (Å²) in [4.78, 5) is 14.4. The molecule has 0 saturated carbocycles. The van der Waals surface area contributed by atoms with Crippen LogP contribution in [0, 0.1) is 13.8 Å². The van der Waals surface area contributed by atoms with Gasteiger partial charge in [0.1, 0.15) is 9.71 Å². The first-order valence-corrected chi connectivity index (χ1v) is 11.7. The molecule has 0 radical (unpaired) electrons. The van der Waals surface area contributed by atoms with Crippen LogP contribution in [-0.4, -0.2) is 39.5 Å². The van der Waals surface area contributed by atoms with Crippen molar-refractivity contribution in [3.63, 3.8) is 0 Å². The fourth-order valence-corrected chi connectivity index (χ4v) is 5.19. The molecule has 1 fully saturated rings. The lowest BCUT2D eigenvalue weighted by Crippen LogP contribution is -2.56. The Morgan fingerprint density at radius 3 is 2.41 bits per heavy atom. The second-order valence-electron chi connectivity index (χ2n) is 7.07. The van der Waals surface area contributed by atoms with E-state index in [0.29, 0.717) is 33.4 Å². The van der Waals surface area contributed by atoms with Gasteiger partial charge in [-0.25, -0.2) is 4.31 Å². The molecular formula is C21H24F3N5OS2. The smallest absolute Gasteiger partial charge is 0.397 e. The fraction of sp³-hybridized carbons (Fsp3) is 0.381. The van der Waals surface area contributed by atoms with Gasteiger partial charge < -0.3 is 11.1 Å². The van der Waals surface area contributed by atoms with Crippen molar-refractivity contribution in [2.24, 2.45) is 0 Å². The fourth-order valence-electron chi connectivity index (χ4n) is 3.12. The van der Waals surface area contributed by atoms with E-state index in [1.165, 1.54) is 35.4 Å². The standard InChI is InChI=1S/C19H18F3N5OS2.C2H6/c1-9-10(2)25-26-18-14(9)15(23)16(29-18)17(28)24-12-7-27(8-12)30-13-5-3-11(4-6-13)19(20,21)22;1-2/h3-6,12H,7-8,23H2,1-2H3,(H,24,28);1-2H3. The van der Waals surface area contributed by atoms with Gasteiger partial charge in [-0.15, -0.1) is 16.4 Å². The lowest BCUT2D eigenvalue weighted by Gasteiger charge is -2.38. The molecule has 3 aromatic rings. The number of hydrogen-bond donors (Lipinski definition) is 2. The number of carbonyl (C=O) groups excluding carboxylic acids is 1. The Morgan fingerprint density at radius 1 is 1.19 bits per heavy atom. The van der Waals surface area contributed by atoms with E-state index in [9.17, 15) is 18.0 Å². The number of rotatable bonds is 4. The quantitative estimate of drug-likeness (QED) is 0.505. The number of anilines is 1. The molecule has 11 heteroatoms. The molecule has 0 spiro atoms. The summed E-state index contributed by atoms with van der Waals surface area (Å²) in [7, 11) is 0. The van der Waals surface area contributed by atoms with Gasteiger partial charge in [0.15, 0.2) is 0 Å². The first-order chi connectivity index (χ1) is 15.1. The number of nitrogens with zero attached hydrogens (tertiary/aromatic N) is 3. The van der Waals surface area contributed by atoms with Crippen LogP contribution >= 0.6 is 23.3 Å². The average molecular weight is 484 g/mol. The van der Waals surface area contributed by atoms with E-state index in [-0.39, 0.29) is 11.9 Å². The highest BCUT2D eigenvalue weighted by molar-refractivity contribution is 7.97. The molecule has 1 aromatic carbocycles. The first-order valence-electron chi connectivity index (χ1n) is 10.1. The number of alkyl halides is 3. The Balaban J connectivity index is 0.00000141. The summed E-state index contributed by atoms with van der Waals surface area (Å²) < 4.78 is 39.9. The number of hydrogen-bond acceptors (Lipinski definition) is 7. The zero-order chi connectivity index (χ0) is 23.6. The average Bonchev–Trinajstić information content (AvgIpc) is 3.07. The molecular weight excluding hydrogens is 459 g/mol. The van der Waals surface area contributed by atoms with Gasteiger partial charge in [-0.05, 0) is 55.6 Å². The Bertz CT molecular complexity index is 1110. The molecule has 1 amide bonds. The summed E-state index contributed by atoms with van der Waals surface area (Å²) in [6.07, 6.45) is -4.34. The maximum Gasteiger partial charge on any atom is 0.416 e. The number of aryl methyl sites for hydroxylation is 2. The number of halogens is 3. The van der Waals surface area contributed by atoms with E-state index in [2.05, 4.69) is 15.5 Å². The molecule has 1 saturated heterocycles. The zero-order valence-corrected chi connectivity index (χ0v) is 19.7. The Labute approximate surface area is 192 Å². The third-order valence-electron chi connectivity index (χ3n) is 4.94. The molecule has 2 aromatic heterocycles. The second-order valence-corrected chi connectivity index (χ2v) is 9.24. The Kier molecular flexibility index (Phi) is 7.31. The van der Waals surface area contributed by atoms with Crippen LogP contribution in [0.5, 0.6) is 0 Å². The third kappa shape index (κ3) is 5.00. The van der Waals surface area contributed by atoms with Gasteiger partial charge in [0, 0.05) is 23.4 Å². The van der Waals surface area contributed by atoms with E-state index < -0.39 is 11.7 Å². The maximum absolute atomic E-state index is 12.7. The van der Waals surface area contributed by atoms with Gasteiger partial charge in [-0.3, -0.25) is 4.79 Å². The molecule has 0 aliphatic carbocycles. The van der Waals surface area contributed by atoms with Crippen molar-refractivity contribution in [1.82, 2.24) is 19.8 Å². The number of nitrogens with one attached hydrogen (secondary N) is 1. The van der Waals surface area contributed by atoms with Crippen LogP contribution in [-0.2, 0) is 6.18 Å². The number of amides is 1. The summed E-state index contributed by atoms with van der Waals surface area (Å²) in [6, 6.07) is 4.97. The molecule has 3 heterocycles. The molecule has 0 atom stereocenters. The normalized spacial score (nSPS) is 14.6. The SMILES string of the molecule is CC.Cc1nnc2sc(C(=O)NC3CN(Sc4ccc(C(F)(F)F)cc4)C3)c(N)c2c1C. The zero-order valence-electron chi connectivity index (χ0n) is 18.1. The predicted octanol–water partition coefficient (Wildman–Crippen LogP) is 5.06. The Hall–Kier alpha value is -2.37. The van der Waals surface area contributed by atoms with Crippen molar-refractivity contribution >= 4 is 45.1 Å². The highest BCUT2D eigenvalue weighted by atomic mass is 32.2. The van der Waals surface area contributed by atoms with Gasteiger partial charge >= 0.3 is 6.18 Å². The number of nitrogen functional groups attached to an aromatic ring is 1. The minimum atomic E-state index is -4.34. The monoisotopic (exact) mass is 483 g/mol. The van der Waals surface area contributed by atoms with Crippen LogP contribution in [0.3, 0.4) is 0 Å². The second kappa shape index (κ2) is 9.63. The number of aromatic nitrogens is 2. The van der Waals surface area contributed by atoms with Crippen molar-refractivity contribution in [3.8, 4) is 0 Å². The lowest BCUT2D eigenvalue weighted by molar-refractivity contribution is -0.137. The highest BCUT2D eigenvalue weighted by Gasteiger charge is 2.32. The first kappa shape index (κ1) is 24.3. The van der Waals surface area contributed by atoms with Gasteiger partial charge in [-0.1, -0.05) is 13.8 Å². The van der Waals surface area contributed by atoms with Crippen LogP contribution in [0.1, 0.15) is 40.3 Å². The summed E-state index contributed by atoms with van der Waals surface area (Å²) in [5, 5.41) is 11.9. The van der Waals surface area contributed by atoms with Gasteiger partial charge in [0.05, 0.1) is 23.0 Å². The van der Waals surface area contributed by atoms with Crippen molar-refractivity contribution in [2.75, 3.05) is 18.8 Å². The van der Waals surface area contributed by atoms with Crippen LogP contribution in [0.25, 0.3) is 10.2 Å². The van der Waals surface area contributed by atoms with Gasteiger partial charge in [-0.2, -0.15) is 18.3 Å². The molecule has 1 aliphatic heterocycles. The van der Waals surface area contributed by atoms with E-state index in [4.69, 9.17) is 5.73 Å². The molecule has 32 heavy (non-hydrogen) atoms. The summed E-state index contributed by atoms with van der Waals surface area (Å²) in [6.45, 7) is 8.91. The molecule has 0 unspecified atom stereocenters. The largest absolute Gasteiger partial charge is 0.416 e. The van der Waals surface area contributed by atoms with E-state index >= 15 is 0 Å². The van der Waals surface area contributed by atoms with Crippen LogP contribution in [0.2, 0.25) is 0 Å². The summed E-state index contributed by atoms with van der Waals surface area (Å²) in [5.41, 5.74) is 7.63. The predicted molar refractivity (Wildman–Crippen MR) is 123 cm³/mol. The molecule has 172 valence electrons. The number of nitrogens with two attached hydrogens (primary N) is 1. The molecule has 1 aliphatic rings. The van der Waals surface area contributed by atoms with Gasteiger partial charge in [0.2, 0.25) is 0 Å². The van der Waals surface area contributed by atoms with Crippen LogP contribution in [0.15, 0.2) is 29.2 Å². The number of benzene rings is 1. The summed E-state index contributed by atoms with van der Waals surface area (Å²) >= 11 is 2.58.